The number of aliphatic carboxylic acids is 1. The number of hydrogen-bond donors (Lipinski definition) is 2. The summed E-state index contributed by atoms with van der Waals surface area (Å²) in [5.41, 5.74) is 0.215. The number of carboxylic acids is 1. The van der Waals surface area contributed by atoms with Gasteiger partial charge in [0.05, 0.1) is 6.61 Å². The van der Waals surface area contributed by atoms with Crippen LogP contribution in [0.25, 0.3) is 0 Å². The topological polar surface area (TPSA) is 66.8 Å². The highest BCUT2D eigenvalue weighted by molar-refractivity contribution is 5.85. The van der Waals surface area contributed by atoms with Crippen LogP contribution in [-0.2, 0) is 4.79 Å². The van der Waals surface area contributed by atoms with E-state index < -0.39 is 5.97 Å². The van der Waals surface area contributed by atoms with Crippen LogP contribution < -0.4 is 4.74 Å². The third kappa shape index (κ3) is 4.59. The molecule has 0 fully saturated rings. The van der Waals surface area contributed by atoms with E-state index in [4.69, 9.17) is 9.84 Å². The zero-order chi connectivity index (χ0) is 12.7. The van der Waals surface area contributed by atoms with Crippen molar-refractivity contribution < 1.29 is 19.7 Å². The molecule has 0 aliphatic heterocycles. The van der Waals surface area contributed by atoms with Crippen LogP contribution in [0.4, 0.5) is 0 Å². The molecule has 17 heavy (non-hydrogen) atoms. The van der Waals surface area contributed by atoms with Crippen LogP contribution in [0.1, 0.15) is 19.3 Å². The standard InChI is InChI=1S/C13H16O4/c1-10(13(15)16)6-4-5-9-17-12-8-3-2-7-11(12)14/h2-3,7-8,14H,1,4-6,9H2,(H,15,16). The molecule has 92 valence electrons. The van der Waals surface area contributed by atoms with Gasteiger partial charge >= 0.3 is 5.97 Å². The summed E-state index contributed by atoms with van der Waals surface area (Å²) in [7, 11) is 0. The first kappa shape index (κ1) is 13.1. The van der Waals surface area contributed by atoms with Gasteiger partial charge in [-0.15, -0.1) is 0 Å². The molecule has 1 rings (SSSR count). The van der Waals surface area contributed by atoms with Crippen LogP contribution in [0, 0.1) is 0 Å². The number of phenolic OH excluding ortho intramolecular Hbond substituents is 1. The van der Waals surface area contributed by atoms with E-state index in [1.54, 1.807) is 24.3 Å². The predicted molar refractivity (Wildman–Crippen MR) is 64.2 cm³/mol. The Morgan fingerprint density at radius 3 is 2.65 bits per heavy atom. The summed E-state index contributed by atoms with van der Waals surface area (Å²) in [6.45, 7) is 3.89. The molecule has 0 aliphatic carbocycles. The number of benzene rings is 1. The number of rotatable bonds is 7. The summed E-state index contributed by atoms with van der Waals surface area (Å²) in [5, 5.41) is 18.0. The highest BCUT2D eigenvalue weighted by Gasteiger charge is 2.03. The van der Waals surface area contributed by atoms with Gasteiger partial charge < -0.3 is 14.9 Å². The Bertz CT molecular complexity index is 398. The smallest absolute Gasteiger partial charge is 0.330 e. The van der Waals surface area contributed by atoms with Crippen molar-refractivity contribution in [2.75, 3.05) is 6.61 Å². The third-order valence-corrected chi connectivity index (χ3v) is 2.30. The van der Waals surface area contributed by atoms with E-state index in [0.717, 1.165) is 6.42 Å². The summed E-state index contributed by atoms with van der Waals surface area (Å²) < 4.78 is 5.35. The first-order valence-corrected chi connectivity index (χ1v) is 5.43. The molecule has 0 aromatic heterocycles. The monoisotopic (exact) mass is 236 g/mol. The lowest BCUT2D eigenvalue weighted by Crippen LogP contribution is -2.01. The Labute approximate surface area is 100 Å². The van der Waals surface area contributed by atoms with Crippen LogP contribution in [0.15, 0.2) is 36.4 Å². The number of ether oxygens (including phenoxy) is 1. The zero-order valence-electron chi connectivity index (χ0n) is 9.56. The van der Waals surface area contributed by atoms with Crippen LogP contribution in [0.2, 0.25) is 0 Å². The second-order valence-corrected chi connectivity index (χ2v) is 3.68. The second-order valence-electron chi connectivity index (χ2n) is 3.68. The van der Waals surface area contributed by atoms with E-state index in [1.165, 1.54) is 0 Å². The van der Waals surface area contributed by atoms with Crippen molar-refractivity contribution in [3.63, 3.8) is 0 Å². The molecule has 0 saturated carbocycles. The molecule has 0 heterocycles. The molecule has 0 spiro atoms. The molecule has 1 aromatic rings. The summed E-state index contributed by atoms with van der Waals surface area (Å²) in [5.74, 6) is -0.390. The molecule has 4 nitrogen and oxygen atoms in total. The minimum Gasteiger partial charge on any atom is -0.504 e. The van der Waals surface area contributed by atoms with Crippen molar-refractivity contribution in [3.8, 4) is 11.5 Å². The first-order chi connectivity index (χ1) is 8.11. The minimum atomic E-state index is -0.952. The Kier molecular flexibility index (Phi) is 5.07. The SMILES string of the molecule is C=C(CCCCOc1ccccc1O)C(=O)O. The van der Waals surface area contributed by atoms with Gasteiger partial charge in [0.2, 0.25) is 0 Å². The number of carbonyl (C=O) groups is 1. The van der Waals surface area contributed by atoms with E-state index in [-0.39, 0.29) is 11.3 Å². The third-order valence-electron chi connectivity index (χ3n) is 2.30. The van der Waals surface area contributed by atoms with Gasteiger partial charge in [-0.25, -0.2) is 4.79 Å². The maximum Gasteiger partial charge on any atom is 0.330 e. The maximum absolute atomic E-state index is 10.5. The first-order valence-electron chi connectivity index (χ1n) is 5.43. The summed E-state index contributed by atoms with van der Waals surface area (Å²) in [6, 6.07) is 6.74. The number of phenols is 1. The average Bonchev–Trinajstić information content (AvgIpc) is 2.30. The van der Waals surface area contributed by atoms with E-state index in [0.29, 0.717) is 25.2 Å². The van der Waals surface area contributed by atoms with Gasteiger partial charge in [-0.05, 0) is 31.4 Å². The number of para-hydroxylation sites is 2. The summed E-state index contributed by atoms with van der Waals surface area (Å²) in [6.07, 6.45) is 1.89. The Balaban J connectivity index is 2.19. The summed E-state index contributed by atoms with van der Waals surface area (Å²) in [4.78, 5) is 10.5. The molecule has 2 N–H and O–H groups in total. The number of hydrogen-bond acceptors (Lipinski definition) is 3. The molecule has 0 unspecified atom stereocenters. The largest absolute Gasteiger partial charge is 0.504 e. The summed E-state index contributed by atoms with van der Waals surface area (Å²) >= 11 is 0. The molecule has 4 heteroatoms. The van der Waals surface area contributed by atoms with Gasteiger partial charge in [0.1, 0.15) is 0 Å². The molecule has 0 radical (unpaired) electrons. The van der Waals surface area contributed by atoms with Crippen molar-refractivity contribution in [1.82, 2.24) is 0 Å². The van der Waals surface area contributed by atoms with Crippen molar-refractivity contribution in [2.45, 2.75) is 19.3 Å². The Morgan fingerprint density at radius 2 is 2.00 bits per heavy atom. The lowest BCUT2D eigenvalue weighted by atomic mass is 10.1. The molecule has 1 aromatic carbocycles. The Morgan fingerprint density at radius 1 is 1.29 bits per heavy atom. The number of carboxylic acid groups (broad SMARTS) is 1. The van der Waals surface area contributed by atoms with E-state index >= 15 is 0 Å². The minimum absolute atomic E-state index is 0.113. The fourth-order valence-corrected chi connectivity index (χ4v) is 1.31. The van der Waals surface area contributed by atoms with Crippen LogP contribution >= 0.6 is 0 Å². The lowest BCUT2D eigenvalue weighted by molar-refractivity contribution is -0.132. The average molecular weight is 236 g/mol. The van der Waals surface area contributed by atoms with Crippen LogP contribution in [0.5, 0.6) is 11.5 Å². The molecular formula is C13H16O4. The molecule has 0 aliphatic rings. The number of unbranched alkanes of at least 4 members (excludes halogenated alkanes) is 1. The Hall–Kier alpha value is -1.97. The van der Waals surface area contributed by atoms with Gasteiger partial charge in [-0.1, -0.05) is 18.7 Å². The van der Waals surface area contributed by atoms with E-state index in [1.807, 2.05) is 0 Å². The lowest BCUT2D eigenvalue weighted by Gasteiger charge is -2.07. The molecule has 0 bridgehead atoms. The molecule has 0 atom stereocenters. The maximum atomic E-state index is 10.5. The molecular weight excluding hydrogens is 220 g/mol. The fourth-order valence-electron chi connectivity index (χ4n) is 1.31. The van der Waals surface area contributed by atoms with Gasteiger partial charge in [0.15, 0.2) is 11.5 Å². The van der Waals surface area contributed by atoms with E-state index in [2.05, 4.69) is 6.58 Å². The molecule has 0 saturated heterocycles. The van der Waals surface area contributed by atoms with Gasteiger partial charge in [-0.3, -0.25) is 0 Å². The van der Waals surface area contributed by atoms with Crippen molar-refractivity contribution in [3.05, 3.63) is 36.4 Å². The second kappa shape index (κ2) is 6.58. The van der Waals surface area contributed by atoms with Gasteiger partial charge in [0, 0.05) is 5.57 Å². The zero-order valence-corrected chi connectivity index (χ0v) is 9.56. The van der Waals surface area contributed by atoms with Gasteiger partial charge in [0.25, 0.3) is 0 Å². The van der Waals surface area contributed by atoms with E-state index in [9.17, 15) is 9.90 Å². The van der Waals surface area contributed by atoms with Gasteiger partial charge in [-0.2, -0.15) is 0 Å². The van der Waals surface area contributed by atoms with Crippen molar-refractivity contribution >= 4 is 5.97 Å². The van der Waals surface area contributed by atoms with Crippen LogP contribution in [-0.4, -0.2) is 22.8 Å². The van der Waals surface area contributed by atoms with Crippen LogP contribution in [0.3, 0.4) is 0 Å². The fraction of sp³-hybridized carbons (Fsp3) is 0.308. The normalized spacial score (nSPS) is 9.88. The number of aromatic hydroxyl groups is 1. The molecule has 0 amide bonds. The highest BCUT2D eigenvalue weighted by Crippen LogP contribution is 2.24. The van der Waals surface area contributed by atoms with Crippen molar-refractivity contribution in [2.24, 2.45) is 0 Å². The van der Waals surface area contributed by atoms with Crippen molar-refractivity contribution in [1.29, 1.82) is 0 Å². The predicted octanol–water partition coefficient (Wildman–Crippen LogP) is 2.58. The highest BCUT2D eigenvalue weighted by atomic mass is 16.5. The quantitative estimate of drug-likeness (QED) is 0.564.